The predicted octanol–water partition coefficient (Wildman–Crippen LogP) is 1.01. The van der Waals surface area contributed by atoms with E-state index in [1.54, 1.807) is 30.3 Å². The summed E-state index contributed by atoms with van der Waals surface area (Å²) < 4.78 is 5.09. The van der Waals surface area contributed by atoms with Gasteiger partial charge in [0.1, 0.15) is 6.61 Å². The van der Waals surface area contributed by atoms with Crippen LogP contribution in [0.4, 0.5) is 16.2 Å². The van der Waals surface area contributed by atoms with Gasteiger partial charge in [-0.2, -0.15) is 0 Å². The molecule has 1 atom stereocenters. The van der Waals surface area contributed by atoms with Crippen LogP contribution in [0.15, 0.2) is 48.5 Å². The van der Waals surface area contributed by atoms with E-state index in [-0.39, 0.29) is 31.2 Å². The highest BCUT2D eigenvalue weighted by molar-refractivity contribution is 6.56. The zero-order chi connectivity index (χ0) is 25.3. The standard InChI is InChI=1S/C19H22N4O10Si/c24-18(14-9-15(22(26)27)11-16(10-14)23(28)29)21-17(13-5-2-1-3-6-13)12-33-19(25)20-7-4-8-34(30,31)32/h1-3,5-6,9-11,17,30-32H,4,7-8,12H2,(H,20,25)(H,21,24)/t17-/m0/s1. The SMILES string of the molecule is O=C(NCCC[Si](O)(O)O)OC[C@H](NC(=O)c1cc([N+](=O)[O-])cc([N+](=O)[O-])c1)c1ccccc1. The largest absolute Gasteiger partial charge is 0.492 e. The third kappa shape index (κ3) is 8.55. The Morgan fingerprint density at radius 2 is 1.59 bits per heavy atom. The summed E-state index contributed by atoms with van der Waals surface area (Å²) in [6, 6.07) is 9.67. The second-order valence-electron chi connectivity index (χ2n) is 7.09. The Morgan fingerprint density at radius 1 is 1.00 bits per heavy atom. The number of ether oxygens (including phenoxy) is 1. The minimum Gasteiger partial charge on any atom is -0.447 e. The van der Waals surface area contributed by atoms with Crippen LogP contribution in [0.2, 0.25) is 6.04 Å². The van der Waals surface area contributed by atoms with Crippen LogP contribution in [0.5, 0.6) is 0 Å². The molecule has 0 unspecified atom stereocenters. The van der Waals surface area contributed by atoms with Crippen molar-refractivity contribution < 1.29 is 38.6 Å². The first-order valence-corrected chi connectivity index (χ1v) is 11.9. The molecule has 2 rings (SSSR count). The van der Waals surface area contributed by atoms with Crippen LogP contribution >= 0.6 is 0 Å². The van der Waals surface area contributed by atoms with Gasteiger partial charge in [0.15, 0.2) is 0 Å². The number of hydrogen-bond acceptors (Lipinski definition) is 10. The summed E-state index contributed by atoms with van der Waals surface area (Å²) in [6.45, 7) is -0.355. The number of carbonyl (C=O) groups excluding carboxylic acids is 2. The van der Waals surface area contributed by atoms with Gasteiger partial charge in [0.25, 0.3) is 17.3 Å². The average molecular weight is 494 g/mol. The number of rotatable bonds is 11. The Balaban J connectivity index is 2.11. The number of nitrogens with one attached hydrogen (secondary N) is 2. The van der Waals surface area contributed by atoms with Crippen molar-refractivity contribution in [3.05, 3.63) is 79.9 Å². The molecule has 0 aliphatic rings. The number of hydrogen-bond donors (Lipinski definition) is 5. The molecular formula is C19H22N4O10Si. The van der Waals surface area contributed by atoms with Gasteiger partial charge < -0.3 is 29.8 Å². The molecule has 0 aliphatic carbocycles. The Bertz CT molecular complexity index is 1010. The van der Waals surface area contributed by atoms with E-state index in [2.05, 4.69) is 10.6 Å². The van der Waals surface area contributed by atoms with Crippen LogP contribution in [0, 0.1) is 20.2 Å². The number of nitrogens with zero attached hydrogens (tertiary/aromatic N) is 2. The molecule has 14 nitrogen and oxygen atoms in total. The molecule has 5 N–H and O–H groups in total. The highest BCUT2D eigenvalue weighted by Crippen LogP contribution is 2.23. The molecule has 0 fully saturated rings. The van der Waals surface area contributed by atoms with Gasteiger partial charge in [-0.3, -0.25) is 25.0 Å². The molecule has 34 heavy (non-hydrogen) atoms. The maximum absolute atomic E-state index is 12.7. The molecule has 15 heteroatoms. The van der Waals surface area contributed by atoms with E-state index in [9.17, 15) is 29.8 Å². The van der Waals surface area contributed by atoms with E-state index >= 15 is 0 Å². The van der Waals surface area contributed by atoms with Gasteiger partial charge in [0, 0.05) is 24.7 Å². The molecule has 2 aromatic rings. The summed E-state index contributed by atoms with van der Waals surface area (Å²) in [6.07, 6.45) is -0.780. The highest BCUT2D eigenvalue weighted by Gasteiger charge is 2.26. The molecule has 0 bridgehead atoms. The lowest BCUT2D eigenvalue weighted by atomic mass is 10.1. The molecule has 2 amide bonds. The lowest BCUT2D eigenvalue weighted by molar-refractivity contribution is -0.394. The van der Waals surface area contributed by atoms with Gasteiger partial charge in [0.2, 0.25) is 0 Å². The normalized spacial score (nSPS) is 11.9. The number of amides is 2. The van der Waals surface area contributed by atoms with Crippen molar-refractivity contribution in [1.29, 1.82) is 0 Å². The average Bonchev–Trinajstić information content (AvgIpc) is 2.78. The summed E-state index contributed by atoms with van der Waals surface area (Å²) in [5.41, 5.74) is -1.06. The zero-order valence-corrected chi connectivity index (χ0v) is 18.6. The molecule has 0 aliphatic heterocycles. The fourth-order valence-corrected chi connectivity index (χ4v) is 3.46. The van der Waals surface area contributed by atoms with Gasteiger partial charge >= 0.3 is 14.9 Å². The third-order valence-corrected chi connectivity index (χ3v) is 5.46. The van der Waals surface area contributed by atoms with Crippen molar-refractivity contribution in [3.8, 4) is 0 Å². The molecule has 0 spiro atoms. The molecule has 182 valence electrons. The first-order valence-electron chi connectivity index (χ1n) is 9.83. The number of benzene rings is 2. The maximum Gasteiger partial charge on any atom is 0.492 e. The van der Waals surface area contributed by atoms with Crippen molar-refractivity contribution in [2.75, 3.05) is 13.2 Å². The zero-order valence-electron chi connectivity index (χ0n) is 17.6. The highest BCUT2D eigenvalue weighted by atomic mass is 28.4. The van der Waals surface area contributed by atoms with Crippen molar-refractivity contribution in [2.45, 2.75) is 18.5 Å². The monoisotopic (exact) mass is 494 g/mol. The molecule has 0 aromatic heterocycles. The number of nitro groups is 2. The molecule has 0 saturated heterocycles. The van der Waals surface area contributed by atoms with Gasteiger partial charge in [0.05, 0.1) is 27.5 Å². The van der Waals surface area contributed by atoms with E-state index in [4.69, 9.17) is 19.1 Å². The van der Waals surface area contributed by atoms with Crippen molar-refractivity contribution >= 4 is 32.2 Å². The van der Waals surface area contributed by atoms with Crippen molar-refractivity contribution in [1.82, 2.24) is 10.6 Å². The first-order chi connectivity index (χ1) is 16.0. The minimum atomic E-state index is -4.21. The van der Waals surface area contributed by atoms with Crippen LogP contribution in [-0.4, -0.2) is 58.2 Å². The second kappa shape index (κ2) is 11.8. The van der Waals surface area contributed by atoms with E-state index in [1.165, 1.54) is 0 Å². The van der Waals surface area contributed by atoms with Crippen LogP contribution in [0.3, 0.4) is 0 Å². The van der Waals surface area contributed by atoms with Crippen molar-refractivity contribution in [3.63, 3.8) is 0 Å². The quantitative estimate of drug-likeness (QED) is 0.129. The number of carbonyl (C=O) groups is 2. The Morgan fingerprint density at radius 3 is 2.12 bits per heavy atom. The van der Waals surface area contributed by atoms with Gasteiger partial charge in [-0.1, -0.05) is 30.3 Å². The van der Waals surface area contributed by atoms with E-state index in [1.807, 2.05) is 0 Å². The number of alkyl carbamates (subject to hydrolysis) is 1. The Kier molecular flexibility index (Phi) is 9.14. The van der Waals surface area contributed by atoms with Crippen LogP contribution < -0.4 is 10.6 Å². The van der Waals surface area contributed by atoms with Crippen molar-refractivity contribution in [2.24, 2.45) is 0 Å². The molecule has 0 saturated carbocycles. The predicted molar refractivity (Wildman–Crippen MR) is 118 cm³/mol. The summed E-state index contributed by atoms with van der Waals surface area (Å²) in [5, 5.41) is 27.1. The smallest absolute Gasteiger partial charge is 0.447 e. The Labute approximate surface area is 193 Å². The van der Waals surface area contributed by atoms with Crippen LogP contribution in [0.25, 0.3) is 0 Å². The number of non-ortho nitro benzene ring substituents is 2. The van der Waals surface area contributed by atoms with E-state index < -0.39 is 48.1 Å². The second-order valence-corrected chi connectivity index (χ2v) is 9.14. The molecule has 2 aromatic carbocycles. The first kappa shape index (κ1) is 26.3. The summed E-state index contributed by atoms with van der Waals surface area (Å²) in [4.78, 5) is 72.0. The van der Waals surface area contributed by atoms with Crippen LogP contribution in [0.1, 0.15) is 28.4 Å². The van der Waals surface area contributed by atoms with E-state index in [0.29, 0.717) is 5.56 Å². The van der Waals surface area contributed by atoms with Gasteiger partial charge in [-0.25, -0.2) is 4.79 Å². The van der Waals surface area contributed by atoms with E-state index in [0.717, 1.165) is 18.2 Å². The van der Waals surface area contributed by atoms with Gasteiger partial charge in [-0.05, 0) is 12.0 Å². The summed E-state index contributed by atoms with van der Waals surface area (Å²) in [5.74, 6) is -0.861. The summed E-state index contributed by atoms with van der Waals surface area (Å²) >= 11 is 0. The fraction of sp³-hybridized carbons (Fsp3) is 0.263. The summed E-state index contributed by atoms with van der Waals surface area (Å²) in [7, 11) is -4.21. The molecule has 0 heterocycles. The lowest BCUT2D eigenvalue weighted by Gasteiger charge is -2.19. The number of nitro benzene ring substituents is 2. The lowest BCUT2D eigenvalue weighted by Crippen LogP contribution is -2.36. The topological polar surface area (TPSA) is 214 Å². The maximum atomic E-state index is 12.7. The van der Waals surface area contributed by atoms with Gasteiger partial charge in [-0.15, -0.1) is 0 Å². The molecular weight excluding hydrogens is 472 g/mol. The minimum absolute atomic E-state index is 0.00498. The molecule has 0 radical (unpaired) electrons. The fourth-order valence-electron chi connectivity index (χ4n) is 2.81. The Hall–Kier alpha value is -3.92. The third-order valence-electron chi connectivity index (χ3n) is 4.43. The van der Waals surface area contributed by atoms with Crippen LogP contribution in [-0.2, 0) is 4.74 Å².